The summed E-state index contributed by atoms with van der Waals surface area (Å²) in [6.45, 7) is 9.33. The minimum absolute atomic E-state index is 0.344. The number of aromatic nitrogens is 2. The van der Waals surface area contributed by atoms with Crippen molar-refractivity contribution in [2.24, 2.45) is 5.92 Å². The number of hydrogen-bond donors (Lipinski definition) is 2. The third-order valence-electron chi connectivity index (χ3n) is 2.29. The van der Waals surface area contributed by atoms with Crippen LogP contribution in [0.1, 0.15) is 34.1 Å². The van der Waals surface area contributed by atoms with E-state index in [1.54, 1.807) is 6.20 Å². The summed E-state index contributed by atoms with van der Waals surface area (Å²) >= 11 is 6.06. The van der Waals surface area contributed by atoms with Crippen LogP contribution < -0.4 is 10.6 Å². The molecule has 17 heavy (non-hydrogen) atoms. The first-order valence-corrected chi connectivity index (χ1v) is 6.43. The molecule has 0 aliphatic rings. The van der Waals surface area contributed by atoms with Crippen molar-refractivity contribution in [1.29, 1.82) is 0 Å². The molecule has 0 fully saturated rings. The van der Waals surface area contributed by atoms with Gasteiger partial charge in [0.05, 0.1) is 6.20 Å². The van der Waals surface area contributed by atoms with Crippen LogP contribution >= 0.6 is 11.6 Å². The van der Waals surface area contributed by atoms with Crippen LogP contribution in [0.15, 0.2) is 6.20 Å². The average molecular weight is 257 g/mol. The Morgan fingerprint density at radius 3 is 2.65 bits per heavy atom. The van der Waals surface area contributed by atoms with Gasteiger partial charge in [-0.25, -0.2) is 4.98 Å². The molecule has 96 valence electrons. The zero-order valence-corrected chi connectivity index (χ0v) is 11.7. The van der Waals surface area contributed by atoms with E-state index in [1.807, 2.05) is 6.92 Å². The van der Waals surface area contributed by atoms with Gasteiger partial charge in [-0.2, -0.15) is 4.98 Å². The first-order valence-electron chi connectivity index (χ1n) is 6.05. The van der Waals surface area contributed by atoms with Crippen molar-refractivity contribution in [3.05, 3.63) is 11.2 Å². The molecule has 5 heteroatoms. The average Bonchev–Trinajstić information content (AvgIpc) is 2.22. The van der Waals surface area contributed by atoms with Crippen LogP contribution in [0, 0.1) is 5.92 Å². The maximum Gasteiger partial charge on any atom is 0.224 e. The lowest BCUT2D eigenvalue weighted by molar-refractivity contribution is 0.539. The maximum atomic E-state index is 6.06. The van der Waals surface area contributed by atoms with E-state index in [9.17, 15) is 0 Å². The van der Waals surface area contributed by atoms with Gasteiger partial charge < -0.3 is 10.6 Å². The predicted octanol–water partition coefficient (Wildman–Crippen LogP) is 3.41. The van der Waals surface area contributed by atoms with Gasteiger partial charge in [-0.05, 0) is 26.2 Å². The summed E-state index contributed by atoms with van der Waals surface area (Å²) < 4.78 is 0. The molecule has 1 atom stereocenters. The highest BCUT2D eigenvalue weighted by Gasteiger charge is 2.09. The van der Waals surface area contributed by atoms with Gasteiger partial charge in [0, 0.05) is 12.6 Å². The highest BCUT2D eigenvalue weighted by Crippen LogP contribution is 2.21. The first-order chi connectivity index (χ1) is 8.02. The third-order valence-corrected chi connectivity index (χ3v) is 2.56. The second kappa shape index (κ2) is 6.64. The fraction of sp³-hybridized carbons (Fsp3) is 0.667. The molecule has 1 aromatic heterocycles. The largest absolute Gasteiger partial charge is 0.366 e. The molecule has 0 aliphatic carbocycles. The molecule has 0 spiro atoms. The number of nitrogens with one attached hydrogen (secondary N) is 2. The number of halogens is 1. The molecule has 1 aromatic rings. The Balaban J connectivity index is 2.71. The topological polar surface area (TPSA) is 49.8 Å². The van der Waals surface area contributed by atoms with Gasteiger partial charge in [0.1, 0.15) is 5.02 Å². The molecule has 4 nitrogen and oxygen atoms in total. The van der Waals surface area contributed by atoms with Crippen molar-refractivity contribution < 1.29 is 0 Å². The molecule has 0 radical (unpaired) electrons. The second-order valence-electron chi connectivity index (χ2n) is 4.60. The molecular weight excluding hydrogens is 236 g/mol. The number of rotatable bonds is 6. The number of nitrogens with zero attached hydrogens (tertiary/aromatic N) is 2. The fourth-order valence-electron chi connectivity index (χ4n) is 1.71. The lowest BCUT2D eigenvalue weighted by Crippen LogP contribution is -2.19. The summed E-state index contributed by atoms with van der Waals surface area (Å²) in [5.41, 5.74) is 0. The highest BCUT2D eigenvalue weighted by atomic mass is 35.5. The van der Waals surface area contributed by atoms with Gasteiger partial charge in [0.15, 0.2) is 5.82 Å². The second-order valence-corrected chi connectivity index (χ2v) is 5.00. The van der Waals surface area contributed by atoms with Gasteiger partial charge in [-0.3, -0.25) is 0 Å². The zero-order chi connectivity index (χ0) is 12.8. The van der Waals surface area contributed by atoms with E-state index in [4.69, 9.17) is 11.6 Å². The first kappa shape index (κ1) is 14.0. The van der Waals surface area contributed by atoms with Crippen LogP contribution in [0.4, 0.5) is 11.8 Å². The summed E-state index contributed by atoms with van der Waals surface area (Å²) in [7, 11) is 0. The fourth-order valence-corrected chi connectivity index (χ4v) is 1.86. The molecule has 1 unspecified atom stereocenters. The van der Waals surface area contributed by atoms with E-state index in [2.05, 4.69) is 41.4 Å². The van der Waals surface area contributed by atoms with Crippen molar-refractivity contribution in [3.63, 3.8) is 0 Å². The summed E-state index contributed by atoms with van der Waals surface area (Å²) in [6, 6.07) is 0.344. The van der Waals surface area contributed by atoms with E-state index in [1.165, 1.54) is 0 Å². The quantitative estimate of drug-likeness (QED) is 0.819. The van der Waals surface area contributed by atoms with Crippen LogP contribution in [-0.4, -0.2) is 22.6 Å². The molecule has 2 N–H and O–H groups in total. The van der Waals surface area contributed by atoms with Crippen molar-refractivity contribution in [2.45, 2.75) is 40.2 Å². The summed E-state index contributed by atoms with van der Waals surface area (Å²) in [6.07, 6.45) is 2.70. The normalized spacial score (nSPS) is 12.6. The van der Waals surface area contributed by atoms with E-state index in [-0.39, 0.29) is 0 Å². The monoisotopic (exact) mass is 256 g/mol. The Bertz CT molecular complexity index is 354. The Hall–Kier alpha value is -1.03. The Kier molecular flexibility index (Phi) is 5.48. The van der Waals surface area contributed by atoms with Crippen LogP contribution in [0.25, 0.3) is 0 Å². The van der Waals surface area contributed by atoms with Gasteiger partial charge in [-0.15, -0.1) is 0 Å². The third kappa shape index (κ3) is 4.77. The molecule has 0 aromatic carbocycles. The number of hydrogen-bond acceptors (Lipinski definition) is 4. The molecule has 0 saturated carbocycles. The predicted molar refractivity (Wildman–Crippen MR) is 73.7 cm³/mol. The zero-order valence-electron chi connectivity index (χ0n) is 10.9. The Morgan fingerprint density at radius 2 is 2.06 bits per heavy atom. The smallest absolute Gasteiger partial charge is 0.224 e. The highest BCUT2D eigenvalue weighted by molar-refractivity contribution is 6.32. The minimum Gasteiger partial charge on any atom is -0.366 e. The molecule has 0 amide bonds. The Morgan fingerprint density at radius 1 is 1.35 bits per heavy atom. The molecule has 0 saturated heterocycles. The number of anilines is 2. The molecule has 1 rings (SSSR count). The molecule has 0 bridgehead atoms. The van der Waals surface area contributed by atoms with Gasteiger partial charge in [0.25, 0.3) is 0 Å². The SMILES string of the molecule is CCNc1ncc(Cl)c(NC(C)CC(C)C)n1. The minimum atomic E-state index is 0.344. The van der Waals surface area contributed by atoms with Crippen LogP contribution in [0.2, 0.25) is 5.02 Å². The van der Waals surface area contributed by atoms with Gasteiger partial charge >= 0.3 is 0 Å². The lowest BCUT2D eigenvalue weighted by Gasteiger charge is -2.17. The van der Waals surface area contributed by atoms with E-state index < -0.39 is 0 Å². The summed E-state index contributed by atoms with van der Waals surface area (Å²) in [5, 5.41) is 6.94. The van der Waals surface area contributed by atoms with Gasteiger partial charge in [-0.1, -0.05) is 25.4 Å². The van der Waals surface area contributed by atoms with Crippen molar-refractivity contribution >= 4 is 23.4 Å². The van der Waals surface area contributed by atoms with Crippen LogP contribution in [-0.2, 0) is 0 Å². The van der Waals surface area contributed by atoms with Crippen LogP contribution in [0.5, 0.6) is 0 Å². The molecule has 0 aliphatic heterocycles. The van der Waals surface area contributed by atoms with E-state index >= 15 is 0 Å². The van der Waals surface area contributed by atoms with Gasteiger partial charge in [0.2, 0.25) is 5.95 Å². The molecule has 1 heterocycles. The summed E-state index contributed by atoms with van der Waals surface area (Å²) in [5.74, 6) is 1.95. The summed E-state index contributed by atoms with van der Waals surface area (Å²) in [4.78, 5) is 8.45. The van der Waals surface area contributed by atoms with Crippen molar-refractivity contribution in [2.75, 3.05) is 17.2 Å². The van der Waals surface area contributed by atoms with Crippen LogP contribution in [0.3, 0.4) is 0 Å². The lowest BCUT2D eigenvalue weighted by atomic mass is 10.1. The van der Waals surface area contributed by atoms with Crippen molar-refractivity contribution in [3.8, 4) is 0 Å². The van der Waals surface area contributed by atoms with E-state index in [0.717, 1.165) is 13.0 Å². The van der Waals surface area contributed by atoms with E-state index in [0.29, 0.717) is 28.7 Å². The maximum absolute atomic E-state index is 6.06. The van der Waals surface area contributed by atoms with Crippen molar-refractivity contribution in [1.82, 2.24) is 9.97 Å². The Labute approximate surface area is 108 Å². The molecular formula is C12H21ClN4. The standard InChI is InChI=1S/C12H21ClN4/c1-5-14-12-15-7-10(13)11(17-12)16-9(4)6-8(2)3/h7-9H,5-6H2,1-4H3,(H2,14,15,16,17).